The smallest absolute Gasteiger partial charge is 0.359 e. The van der Waals surface area contributed by atoms with Crippen LogP contribution in [-0.4, -0.2) is 38.2 Å². The number of anilines is 1. The average molecular weight is 392 g/mol. The number of carbonyl (C=O) groups is 2. The summed E-state index contributed by atoms with van der Waals surface area (Å²) in [4.78, 5) is 35.1. The van der Waals surface area contributed by atoms with E-state index >= 15 is 0 Å². The quantitative estimate of drug-likeness (QED) is 0.692. The summed E-state index contributed by atoms with van der Waals surface area (Å²) in [5.74, 6) is -0.736. The monoisotopic (exact) mass is 392 g/mol. The minimum atomic E-state index is -4.59. The molecule has 0 bridgehead atoms. The molecule has 2 N–H and O–H groups in total. The molecule has 0 aliphatic heterocycles. The summed E-state index contributed by atoms with van der Waals surface area (Å²) in [5.41, 5.74) is -0.141. The maximum absolute atomic E-state index is 12.7. The topological polar surface area (TPSA) is 101 Å². The van der Waals surface area contributed by atoms with Crippen molar-refractivity contribution < 1.29 is 22.8 Å². The van der Waals surface area contributed by atoms with Gasteiger partial charge in [0.15, 0.2) is 11.3 Å². The van der Waals surface area contributed by atoms with Crippen molar-refractivity contribution in [1.29, 1.82) is 0 Å². The van der Waals surface area contributed by atoms with Gasteiger partial charge in [0.05, 0.1) is 6.20 Å². The van der Waals surface area contributed by atoms with Gasteiger partial charge in [-0.25, -0.2) is 9.97 Å². The van der Waals surface area contributed by atoms with E-state index in [0.29, 0.717) is 17.8 Å². The molecule has 0 aliphatic carbocycles. The van der Waals surface area contributed by atoms with Gasteiger partial charge < -0.3 is 15.0 Å². The maximum atomic E-state index is 12.7. The third-order valence-corrected chi connectivity index (χ3v) is 3.83. The number of aromatic nitrogens is 4. The van der Waals surface area contributed by atoms with Crippen LogP contribution in [0, 0.1) is 0 Å². The minimum absolute atomic E-state index is 0.0238. The van der Waals surface area contributed by atoms with Gasteiger partial charge in [0.1, 0.15) is 5.69 Å². The number of carbonyl (C=O) groups excluding carboxylic acids is 2. The van der Waals surface area contributed by atoms with E-state index in [1.165, 1.54) is 19.4 Å². The number of nitrogens with one attached hydrogen (secondary N) is 2. The number of pyridine rings is 1. The van der Waals surface area contributed by atoms with Crippen molar-refractivity contribution in [3.8, 4) is 0 Å². The molecule has 3 aromatic heterocycles. The summed E-state index contributed by atoms with van der Waals surface area (Å²) in [6.45, 7) is 0. The lowest BCUT2D eigenvalue weighted by atomic mass is 10.2. The Morgan fingerprint density at radius 2 is 2.00 bits per heavy atom. The number of rotatable bonds is 5. The van der Waals surface area contributed by atoms with Crippen LogP contribution in [0.4, 0.5) is 18.9 Å². The number of hydrogen-bond acceptors (Lipinski definition) is 5. The number of halogens is 3. The molecule has 0 fully saturated rings. The van der Waals surface area contributed by atoms with Crippen molar-refractivity contribution in [2.45, 2.75) is 19.0 Å². The van der Waals surface area contributed by atoms with Crippen LogP contribution in [0.25, 0.3) is 5.65 Å². The first-order valence-electron chi connectivity index (χ1n) is 8.15. The lowest BCUT2D eigenvalue weighted by molar-refractivity contribution is -0.140. The van der Waals surface area contributed by atoms with Crippen molar-refractivity contribution >= 4 is 23.1 Å². The number of alkyl halides is 3. The highest BCUT2D eigenvalue weighted by Crippen LogP contribution is 2.28. The standard InChI is InChI=1S/C17H15F3N6O2/c1-21-15(27)3-2-10-6-11(4-5-22-10)24-16(28)12-8-26-9-13(17(18,19)20)25-14(26)7-23-12/h4-9H,2-3H2,1H3,(H,21,27)(H,22,24,28). The lowest BCUT2D eigenvalue weighted by Crippen LogP contribution is -2.18. The summed E-state index contributed by atoms with van der Waals surface area (Å²) >= 11 is 0. The average Bonchev–Trinajstić information content (AvgIpc) is 3.10. The van der Waals surface area contributed by atoms with Crippen LogP contribution >= 0.6 is 0 Å². The Kier molecular flexibility index (Phi) is 5.25. The zero-order valence-electron chi connectivity index (χ0n) is 14.6. The molecule has 146 valence electrons. The molecule has 0 spiro atoms. The molecule has 3 rings (SSSR count). The van der Waals surface area contributed by atoms with E-state index in [9.17, 15) is 22.8 Å². The second-order valence-electron chi connectivity index (χ2n) is 5.83. The largest absolute Gasteiger partial charge is 0.434 e. The SMILES string of the molecule is CNC(=O)CCc1cc(NC(=O)c2cn3cc(C(F)(F)F)nc3cn2)ccn1. The Bertz CT molecular complexity index is 1030. The number of amides is 2. The van der Waals surface area contributed by atoms with Crippen LogP contribution in [0.3, 0.4) is 0 Å². The predicted octanol–water partition coefficient (Wildman–Crippen LogP) is 2.07. The van der Waals surface area contributed by atoms with Crippen molar-refractivity contribution in [2.75, 3.05) is 12.4 Å². The molecular weight excluding hydrogens is 377 g/mol. The normalized spacial score (nSPS) is 11.4. The molecule has 0 saturated carbocycles. The van der Waals surface area contributed by atoms with Crippen molar-refractivity contribution in [1.82, 2.24) is 24.7 Å². The number of nitrogens with zero attached hydrogens (tertiary/aromatic N) is 4. The van der Waals surface area contributed by atoms with E-state index in [4.69, 9.17) is 0 Å². The Labute approximate surface area is 156 Å². The van der Waals surface area contributed by atoms with E-state index in [1.807, 2.05) is 0 Å². The molecule has 8 nitrogen and oxygen atoms in total. The Hall–Kier alpha value is -3.50. The summed E-state index contributed by atoms with van der Waals surface area (Å²) in [7, 11) is 1.54. The molecule has 11 heteroatoms. The second kappa shape index (κ2) is 7.62. The fourth-order valence-corrected chi connectivity index (χ4v) is 2.41. The number of imidazole rings is 1. The van der Waals surface area contributed by atoms with Crippen molar-refractivity contribution in [3.05, 3.63) is 54.0 Å². The molecule has 0 atom stereocenters. The van der Waals surface area contributed by atoms with Crippen LogP contribution in [0.15, 0.2) is 36.9 Å². The predicted molar refractivity (Wildman–Crippen MR) is 92.6 cm³/mol. The Morgan fingerprint density at radius 1 is 1.21 bits per heavy atom. The van der Waals surface area contributed by atoms with Crippen molar-refractivity contribution in [2.24, 2.45) is 0 Å². The van der Waals surface area contributed by atoms with Gasteiger partial charge in [-0.15, -0.1) is 0 Å². The van der Waals surface area contributed by atoms with E-state index in [-0.39, 0.29) is 23.7 Å². The molecular formula is C17H15F3N6O2. The molecule has 0 aromatic carbocycles. The number of fused-ring (bicyclic) bond motifs is 1. The first-order chi connectivity index (χ1) is 13.3. The van der Waals surface area contributed by atoms with Crippen LogP contribution in [-0.2, 0) is 17.4 Å². The Morgan fingerprint density at radius 3 is 2.71 bits per heavy atom. The van der Waals surface area contributed by atoms with Gasteiger partial charge in [0.25, 0.3) is 5.91 Å². The van der Waals surface area contributed by atoms with E-state index < -0.39 is 17.8 Å². The third-order valence-electron chi connectivity index (χ3n) is 3.83. The van der Waals surface area contributed by atoms with Gasteiger partial charge in [0, 0.05) is 43.4 Å². The fraction of sp³-hybridized carbons (Fsp3) is 0.235. The Balaban J connectivity index is 1.75. The van der Waals surface area contributed by atoms with Crippen molar-refractivity contribution in [3.63, 3.8) is 0 Å². The summed E-state index contributed by atoms with van der Waals surface area (Å²) in [6.07, 6.45) is 0.584. The minimum Gasteiger partial charge on any atom is -0.359 e. The molecule has 2 amide bonds. The maximum Gasteiger partial charge on any atom is 0.434 e. The summed E-state index contributed by atoms with van der Waals surface area (Å²) in [5, 5.41) is 5.11. The zero-order chi connectivity index (χ0) is 20.3. The number of aryl methyl sites for hydroxylation is 1. The lowest BCUT2D eigenvalue weighted by Gasteiger charge is -2.07. The summed E-state index contributed by atoms with van der Waals surface area (Å²) < 4.78 is 39.3. The fourth-order valence-electron chi connectivity index (χ4n) is 2.41. The molecule has 0 saturated heterocycles. The van der Waals surface area contributed by atoms with Gasteiger partial charge >= 0.3 is 6.18 Å². The second-order valence-corrected chi connectivity index (χ2v) is 5.83. The first-order valence-corrected chi connectivity index (χ1v) is 8.15. The van der Waals surface area contributed by atoms with Crippen LogP contribution in [0.1, 0.15) is 28.3 Å². The summed E-state index contributed by atoms with van der Waals surface area (Å²) in [6, 6.07) is 3.16. The molecule has 3 heterocycles. The first kappa shape index (κ1) is 19.3. The molecule has 0 unspecified atom stereocenters. The highest BCUT2D eigenvalue weighted by molar-refractivity contribution is 6.02. The van der Waals surface area contributed by atoms with Crippen LogP contribution < -0.4 is 10.6 Å². The molecule has 28 heavy (non-hydrogen) atoms. The van der Waals surface area contributed by atoms with Crippen LogP contribution in [0.5, 0.6) is 0 Å². The van der Waals surface area contributed by atoms with Crippen LogP contribution in [0.2, 0.25) is 0 Å². The van der Waals surface area contributed by atoms with Gasteiger partial charge in [-0.2, -0.15) is 13.2 Å². The van der Waals surface area contributed by atoms with Gasteiger partial charge in [-0.1, -0.05) is 0 Å². The third kappa shape index (κ3) is 4.42. The van der Waals surface area contributed by atoms with Gasteiger partial charge in [-0.3, -0.25) is 14.6 Å². The molecule has 0 radical (unpaired) electrons. The molecule has 0 aliphatic rings. The van der Waals surface area contributed by atoms with Gasteiger partial charge in [-0.05, 0) is 18.6 Å². The molecule has 3 aromatic rings. The highest BCUT2D eigenvalue weighted by Gasteiger charge is 2.34. The van der Waals surface area contributed by atoms with Gasteiger partial charge in [0.2, 0.25) is 5.91 Å². The zero-order valence-corrected chi connectivity index (χ0v) is 14.6. The number of hydrogen-bond donors (Lipinski definition) is 2. The highest BCUT2D eigenvalue weighted by atomic mass is 19.4. The van der Waals surface area contributed by atoms with E-state index in [0.717, 1.165) is 16.8 Å². The van der Waals surface area contributed by atoms with E-state index in [2.05, 4.69) is 25.6 Å². The van der Waals surface area contributed by atoms with E-state index in [1.54, 1.807) is 12.1 Å².